The number of aliphatic hydroxyl groups is 2. The van der Waals surface area contributed by atoms with Crippen molar-refractivity contribution >= 4 is 40.7 Å². The Morgan fingerprint density at radius 2 is 1.97 bits per heavy atom. The van der Waals surface area contributed by atoms with Crippen molar-refractivity contribution in [3.05, 3.63) is 32.9 Å². The highest BCUT2D eigenvalue weighted by Crippen LogP contribution is 2.37. The van der Waals surface area contributed by atoms with E-state index in [1.54, 1.807) is 30.0 Å². The van der Waals surface area contributed by atoms with Gasteiger partial charge in [-0.1, -0.05) is 26.2 Å². The molecule has 3 rings (SSSR count). The normalized spacial score (nSPS) is 22.1. The highest BCUT2D eigenvalue weighted by atomic mass is 127. The van der Waals surface area contributed by atoms with Crippen LogP contribution in [0.5, 0.6) is 11.5 Å². The van der Waals surface area contributed by atoms with Gasteiger partial charge in [0.25, 0.3) is 0 Å². The Morgan fingerprint density at radius 1 is 1.24 bits per heavy atom. The molecular formula is C27H37IN2O7. The van der Waals surface area contributed by atoms with Gasteiger partial charge in [0.2, 0.25) is 11.8 Å². The van der Waals surface area contributed by atoms with Crippen LogP contribution in [0.3, 0.4) is 0 Å². The van der Waals surface area contributed by atoms with Gasteiger partial charge >= 0.3 is 0 Å². The Bertz CT molecular complexity index is 993. The van der Waals surface area contributed by atoms with Gasteiger partial charge in [0, 0.05) is 37.1 Å². The average molecular weight is 629 g/mol. The Morgan fingerprint density at radius 3 is 2.59 bits per heavy atom. The minimum absolute atomic E-state index is 0.0760. The molecular weight excluding hydrogens is 591 g/mol. The van der Waals surface area contributed by atoms with E-state index < -0.39 is 18.2 Å². The van der Waals surface area contributed by atoms with Gasteiger partial charge in [-0.3, -0.25) is 14.4 Å². The molecule has 2 aliphatic rings. The van der Waals surface area contributed by atoms with Crippen molar-refractivity contribution in [3.63, 3.8) is 0 Å². The highest BCUT2D eigenvalue weighted by Gasteiger charge is 2.41. The fraction of sp³-hybridized carbons (Fsp3) is 0.593. The first-order valence-electron chi connectivity index (χ1n) is 12.9. The summed E-state index contributed by atoms with van der Waals surface area (Å²) in [5.41, 5.74) is 0.798. The lowest BCUT2D eigenvalue weighted by Crippen LogP contribution is -2.56. The molecule has 1 aromatic carbocycles. The number of aldehydes is 1. The van der Waals surface area contributed by atoms with Crippen molar-refractivity contribution in [2.24, 2.45) is 5.92 Å². The fourth-order valence-corrected chi connectivity index (χ4v) is 5.86. The third-order valence-electron chi connectivity index (χ3n) is 7.06. The van der Waals surface area contributed by atoms with Crippen LogP contribution in [0.4, 0.5) is 0 Å². The van der Waals surface area contributed by atoms with Crippen LogP contribution in [0, 0.1) is 9.49 Å². The molecule has 10 heteroatoms. The number of carbonyl (C=O) groups is 3. The van der Waals surface area contributed by atoms with Crippen LogP contribution in [-0.4, -0.2) is 78.3 Å². The lowest BCUT2D eigenvalue weighted by atomic mass is 9.85. The van der Waals surface area contributed by atoms with Crippen molar-refractivity contribution in [2.75, 3.05) is 26.8 Å². The summed E-state index contributed by atoms with van der Waals surface area (Å²) in [5.74, 6) is 0.564. The van der Waals surface area contributed by atoms with Crippen LogP contribution in [0.1, 0.15) is 62.2 Å². The first-order valence-corrected chi connectivity index (χ1v) is 14.0. The van der Waals surface area contributed by atoms with Crippen molar-refractivity contribution in [3.8, 4) is 11.5 Å². The minimum Gasteiger partial charge on any atom is -0.493 e. The number of amides is 2. The van der Waals surface area contributed by atoms with E-state index in [0.29, 0.717) is 45.0 Å². The summed E-state index contributed by atoms with van der Waals surface area (Å²) < 4.78 is 12.3. The first kappa shape index (κ1) is 29.4. The number of rotatable bonds is 11. The van der Waals surface area contributed by atoms with Crippen LogP contribution in [0.2, 0.25) is 0 Å². The molecule has 2 aliphatic carbocycles. The van der Waals surface area contributed by atoms with Crippen molar-refractivity contribution in [1.29, 1.82) is 0 Å². The second-order valence-electron chi connectivity index (χ2n) is 9.57. The molecule has 0 heterocycles. The summed E-state index contributed by atoms with van der Waals surface area (Å²) in [4.78, 5) is 39.1. The average Bonchev–Trinajstić information content (AvgIpc) is 2.92. The van der Waals surface area contributed by atoms with Crippen LogP contribution in [0.25, 0.3) is 0 Å². The van der Waals surface area contributed by atoms with E-state index in [2.05, 4.69) is 5.32 Å². The Kier molecular flexibility index (Phi) is 11.2. The number of methoxy groups -OCH3 is 1. The number of nitrogens with zero attached hydrogens (tertiary/aromatic N) is 1. The zero-order valence-corrected chi connectivity index (χ0v) is 23.6. The lowest BCUT2D eigenvalue weighted by Gasteiger charge is -2.42. The molecule has 37 heavy (non-hydrogen) atoms. The second kappa shape index (κ2) is 14.1. The van der Waals surface area contributed by atoms with Crippen LogP contribution >= 0.6 is 22.6 Å². The Balaban J connectivity index is 1.97. The first-order chi connectivity index (χ1) is 17.8. The fourth-order valence-electron chi connectivity index (χ4n) is 5.11. The number of halogens is 1. The van der Waals surface area contributed by atoms with Gasteiger partial charge in [0.05, 0.1) is 23.3 Å². The molecule has 2 amide bonds. The maximum absolute atomic E-state index is 13.1. The molecule has 0 saturated heterocycles. The molecule has 1 saturated carbocycles. The van der Waals surface area contributed by atoms with Gasteiger partial charge < -0.3 is 29.9 Å². The molecule has 1 fully saturated rings. The Hall–Kier alpha value is -2.18. The zero-order valence-electron chi connectivity index (χ0n) is 21.5. The third-order valence-corrected chi connectivity index (χ3v) is 7.86. The summed E-state index contributed by atoms with van der Waals surface area (Å²) >= 11 is 2.03. The van der Waals surface area contributed by atoms with E-state index in [1.165, 1.54) is 13.5 Å². The maximum atomic E-state index is 13.1. The van der Waals surface area contributed by atoms with E-state index >= 15 is 0 Å². The van der Waals surface area contributed by atoms with E-state index in [9.17, 15) is 19.5 Å². The molecule has 9 nitrogen and oxygen atoms in total. The molecule has 0 radical (unpaired) electrons. The van der Waals surface area contributed by atoms with Crippen LogP contribution < -0.4 is 14.8 Å². The predicted molar refractivity (Wildman–Crippen MR) is 147 cm³/mol. The number of hydrogen-bond donors (Lipinski definition) is 3. The van der Waals surface area contributed by atoms with Gasteiger partial charge in [-0.25, -0.2) is 0 Å². The predicted octanol–water partition coefficient (Wildman–Crippen LogP) is 2.85. The molecule has 3 atom stereocenters. The van der Waals surface area contributed by atoms with E-state index in [-0.39, 0.29) is 37.8 Å². The number of benzene rings is 1. The molecule has 0 spiro atoms. The third kappa shape index (κ3) is 7.44. The van der Waals surface area contributed by atoms with Gasteiger partial charge in [-0.05, 0) is 59.6 Å². The van der Waals surface area contributed by atoms with Crippen LogP contribution in [0.15, 0.2) is 23.8 Å². The molecule has 1 aromatic rings. The molecule has 0 aromatic heterocycles. The lowest BCUT2D eigenvalue weighted by molar-refractivity contribution is -0.139. The van der Waals surface area contributed by atoms with Gasteiger partial charge in [0.15, 0.2) is 11.5 Å². The molecule has 0 aliphatic heterocycles. The van der Waals surface area contributed by atoms with E-state index in [1.807, 2.05) is 22.6 Å². The smallest absolute Gasteiger partial charge is 0.247 e. The zero-order chi connectivity index (χ0) is 26.9. The number of aliphatic hydroxyl groups excluding tert-OH is 2. The SMILES string of the molecule is CCC(=O)N(CC1CCCCC1)C1CC(C(=O)NCCO)=CC(Oc2c(I)cc(C=O)cc2OC)C1O. The number of nitrogens with one attached hydrogen (secondary N) is 1. The summed E-state index contributed by atoms with van der Waals surface area (Å²) in [6.45, 7) is 2.21. The number of ether oxygens (including phenoxy) is 2. The topological polar surface area (TPSA) is 125 Å². The van der Waals surface area contributed by atoms with Crippen molar-refractivity contribution < 1.29 is 34.1 Å². The van der Waals surface area contributed by atoms with E-state index in [0.717, 1.165) is 25.7 Å². The Labute approximate surface area is 231 Å². The number of hydrogen-bond acceptors (Lipinski definition) is 7. The maximum Gasteiger partial charge on any atom is 0.247 e. The van der Waals surface area contributed by atoms with Crippen molar-refractivity contribution in [1.82, 2.24) is 10.2 Å². The second-order valence-corrected chi connectivity index (χ2v) is 10.7. The molecule has 3 N–H and O–H groups in total. The van der Waals surface area contributed by atoms with Crippen LogP contribution in [-0.2, 0) is 9.59 Å². The van der Waals surface area contributed by atoms with E-state index in [4.69, 9.17) is 14.6 Å². The highest BCUT2D eigenvalue weighted by molar-refractivity contribution is 14.1. The monoisotopic (exact) mass is 628 g/mol. The molecule has 204 valence electrons. The number of carbonyl (C=O) groups excluding carboxylic acids is 3. The summed E-state index contributed by atoms with van der Waals surface area (Å²) in [7, 11) is 1.46. The summed E-state index contributed by atoms with van der Waals surface area (Å²) in [6, 6.07) is 2.54. The van der Waals surface area contributed by atoms with Gasteiger partial charge in [-0.15, -0.1) is 0 Å². The molecule has 0 bridgehead atoms. The largest absolute Gasteiger partial charge is 0.493 e. The van der Waals surface area contributed by atoms with Gasteiger partial charge in [0.1, 0.15) is 18.5 Å². The summed E-state index contributed by atoms with van der Waals surface area (Å²) in [6.07, 6.45) is 6.23. The standard InChI is InChI=1S/C27H37IN2O7/c1-3-24(33)30(15-17-7-5-4-6-8-17)21-13-19(27(35)29-9-10-31)14-22(25(21)34)37-26-20(28)11-18(16-32)12-23(26)36-2/h11-12,14,16-17,21-22,25,31,34H,3-10,13,15H2,1-2H3,(H,29,35). The molecule has 3 unspecified atom stereocenters. The quantitative estimate of drug-likeness (QED) is 0.254. The van der Waals surface area contributed by atoms with Crippen molar-refractivity contribution in [2.45, 2.75) is 70.1 Å². The summed E-state index contributed by atoms with van der Waals surface area (Å²) in [5, 5.41) is 23.4. The van der Waals surface area contributed by atoms with Gasteiger partial charge in [-0.2, -0.15) is 0 Å². The minimum atomic E-state index is -1.10.